The number of ether oxygens (including phenoxy) is 2. The fourth-order valence-corrected chi connectivity index (χ4v) is 4.34. The lowest BCUT2D eigenvalue weighted by Gasteiger charge is -2.32. The molecule has 0 bridgehead atoms. The number of benzene rings is 1. The highest BCUT2D eigenvalue weighted by Gasteiger charge is 2.51. The predicted octanol–water partition coefficient (Wildman–Crippen LogP) is 2.04. The zero-order valence-corrected chi connectivity index (χ0v) is 18.6. The van der Waals surface area contributed by atoms with Crippen LogP contribution in [0.25, 0.3) is 0 Å². The van der Waals surface area contributed by atoms with Crippen LogP contribution >= 0.6 is 0 Å². The first-order chi connectivity index (χ1) is 13.8. The molecule has 3 fully saturated rings. The van der Waals surface area contributed by atoms with E-state index in [1.165, 1.54) is 11.3 Å². The van der Waals surface area contributed by atoms with Gasteiger partial charge >= 0.3 is 7.12 Å². The van der Waals surface area contributed by atoms with Crippen molar-refractivity contribution in [3.05, 3.63) is 23.8 Å². The summed E-state index contributed by atoms with van der Waals surface area (Å²) in [5.41, 5.74) is 3.06. The molecule has 0 spiro atoms. The van der Waals surface area contributed by atoms with Crippen LogP contribution in [0.15, 0.2) is 18.2 Å². The van der Waals surface area contributed by atoms with Gasteiger partial charge in [0.25, 0.3) is 0 Å². The minimum Gasteiger partial charge on any atom is -0.399 e. The van der Waals surface area contributed by atoms with Crippen molar-refractivity contribution in [2.24, 2.45) is 0 Å². The number of nitrogens with zero attached hydrogens (tertiary/aromatic N) is 2. The van der Waals surface area contributed by atoms with Crippen LogP contribution in [-0.2, 0) is 25.3 Å². The highest BCUT2D eigenvalue weighted by atomic mass is 16.7. The summed E-state index contributed by atoms with van der Waals surface area (Å²) in [5, 5.41) is 0. The monoisotopic (exact) mass is 402 g/mol. The first-order valence-electron chi connectivity index (χ1n) is 10.9. The summed E-state index contributed by atoms with van der Waals surface area (Å²) in [6.07, 6.45) is 1.44. The van der Waals surface area contributed by atoms with E-state index < -0.39 is 0 Å². The summed E-state index contributed by atoms with van der Waals surface area (Å²) in [4.78, 5) is 4.93. The Morgan fingerprint density at radius 3 is 2.38 bits per heavy atom. The number of hydrogen-bond acceptors (Lipinski definition) is 6. The van der Waals surface area contributed by atoms with Gasteiger partial charge in [-0.25, -0.2) is 0 Å². The molecule has 0 aromatic heterocycles. The van der Waals surface area contributed by atoms with Crippen molar-refractivity contribution < 1.29 is 18.8 Å². The topological polar surface area (TPSA) is 43.4 Å². The first kappa shape index (κ1) is 21.1. The van der Waals surface area contributed by atoms with Crippen LogP contribution in [0.5, 0.6) is 0 Å². The smallest absolute Gasteiger partial charge is 0.399 e. The van der Waals surface area contributed by atoms with E-state index in [1.54, 1.807) is 0 Å². The van der Waals surface area contributed by atoms with Crippen molar-refractivity contribution >= 4 is 18.3 Å². The molecule has 0 amide bonds. The minimum absolute atomic E-state index is 0.331. The molecule has 0 aliphatic carbocycles. The Hall–Kier alpha value is -1.12. The molecule has 3 aliphatic heterocycles. The highest BCUT2D eigenvalue weighted by Crippen LogP contribution is 2.37. The number of hydrogen-bond donors (Lipinski definition) is 0. The fraction of sp³-hybridized carbons (Fsp3) is 0.727. The molecule has 0 radical (unpaired) electrons. The molecule has 4 rings (SSSR count). The molecule has 0 N–H and O–H groups in total. The Kier molecular flexibility index (Phi) is 5.97. The minimum atomic E-state index is -0.332. The van der Waals surface area contributed by atoms with Crippen molar-refractivity contribution in [2.75, 3.05) is 51.4 Å². The lowest BCUT2D eigenvalue weighted by molar-refractivity contribution is 0.00578. The van der Waals surface area contributed by atoms with Crippen LogP contribution in [0.1, 0.15) is 39.7 Å². The molecule has 0 saturated carbocycles. The van der Waals surface area contributed by atoms with Crippen LogP contribution in [0.2, 0.25) is 0 Å². The van der Waals surface area contributed by atoms with Gasteiger partial charge in [0.15, 0.2) is 0 Å². The lowest BCUT2D eigenvalue weighted by atomic mass is 9.78. The number of rotatable bonds is 5. The van der Waals surface area contributed by atoms with E-state index in [0.29, 0.717) is 6.10 Å². The number of likely N-dealkylation sites (tertiary alicyclic amines) is 1. The Morgan fingerprint density at radius 1 is 1.07 bits per heavy atom. The SMILES string of the molecule is CO[C@H]1CCN(Cc2cc(B3OC(C)(C)C(C)(C)O3)ccc2N2CCOCC2)C1. The van der Waals surface area contributed by atoms with Gasteiger partial charge in [-0.2, -0.15) is 0 Å². The maximum Gasteiger partial charge on any atom is 0.494 e. The summed E-state index contributed by atoms with van der Waals surface area (Å²) < 4.78 is 23.7. The van der Waals surface area contributed by atoms with Gasteiger partial charge in [-0.15, -0.1) is 0 Å². The van der Waals surface area contributed by atoms with E-state index in [4.69, 9.17) is 18.8 Å². The molecule has 29 heavy (non-hydrogen) atoms. The summed E-state index contributed by atoms with van der Waals surface area (Å²) in [6, 6.07) is 6.69. The predicted molar refractivity (Wildman–Crippen MR) is 116 cm³/mol. The standard InChI is InChI=1S/C22H35BN2O4/c1-21(2)22(3,4)29-23(28-21)18-6-7-20(25-10-12-27-13-11-25)17(14-18)15-24-9-8-19(16-24)26-5/h6-7,14,19H,8-13,15-16H2,1-5H3/t19-/m0/s1. The van der Waals surface area contributed by atoms with Crippen molar-refractivity contribution in [2.45, 2.75) is 58.0 Å². The number of morpholine rings is 1. The molecule has 6 nitrogen and oxygen atoms in total. The van der Waals surface area contributed by atoms with E-state index in [-0.39, 0.29) is 18.3 Å². The highest BCUT2D eigenvalue weighted by molar-refractivity contribution is 6.62. The van der Waals surface area contributed by atoms with Crippen molar-refractivity contribution in [1.29, 1.82) is 0 Å². The van der Waals surface area contributed by atoms with E-state index >= 15 is 0 Å². The molecule has 160 valence electrons. The molecular weight excluding hydrogens is 367 g/mol. The van der Waals surface area contributed by atoms with Gasteiger partial charge in [-0.3, -0.25) is 4.90 Å². The second-order valence-corrected chi connectivity index (χ2v) is 9.46. The third kappa shape index (κ3) is 4.35. The van der Waals surface area contributed by atoms with E-state index in [0.717, 1.165) is 57.8 Å². The van der Waals surface area contributed by atoms with Crippen LogP contribution in [0, 0.1) is 0 Å². The van der Waals surface area contributed by atoms with Crippen molar-refractivity contribution in [1.82, 2.24) is 4.90 Å². The zero-order valence-electron chi connectivity index (χ0n) is 18.6. The Balaban J connectivity index is 1.59. The van der Waals surface area contributed by atoms with E-state index in [1.807, 2.05) is 7.11 Å². The van der Waals surface area contributed by atoms with Gasteiger partial charge < -0.3 is 23.7 Å². The molecule has 3 aliphatic rings. The van der Waals surface area contributed by atoms with Crippen molar-refractivity contribution in [3.8, 4) is 0 Å². The van der Waals surface area contributed by atoms with Gasteiger partial charge in [-0.1, -0.05) is 12.1 Å². The van der Waals surface area contributed by atoms with Gasteiger partial charge in [-0.05, 0) is 51.2 Å². The summed E-state index contributed by atoms with van der Waals surface area (Å²) in [6.45, 7) is 14.8. The third-order valence-corrected chi connectivity index (χ3v) is 6.94. The average molecular weight is 402 g/mol. The Bertz CT molecular complexity index is 705. The van der Waals surface area contributed by atoms with Gasteiger partial charge in [0.2, 0.25) is 0 Å². The largest absolute Gasteiger partial charge is 0.494 e. The average Bonchev–Trinajstić information content (AvgIpc) is 3.23. The Labute approximate surface area is 175 Å². The molecule has 7 heteroatoms. The van der Waals surface area contributed by atoms with Gasteiger partial charge in [0.05, 0.1) is 30.5 Å². The summed E-state index contributed by atoms with van der Waals surface area (Å²) in [5.74, 6) is 0. The molecule has 0 unspecified atom stereocenters. The quantitative estimate of drug-likeness (QED) is 0.703. The molecule has 3 saturated heterocycles. The second kappa shape index (κ2) is 8.19. The maximum absolute atomic E-state index is 6.31. The maximum atomic E-state index is 6.31. The fourth-order valence-electron chi connectivity index (χ4n) is 4.34. The van der Waals surface area contributed by atoms with Gasteiger partial charge in [0, 0.05) is 45.5 Å². The van der Waals surface area contributed by atoms with Crippen LogP contribution < -0.4 is 10.4 Å². The van der Waals surface area contributed by atoms with Crippen LogP contribution in [0.3, 0.4) is 0 Å². The van der Waals surface area contributed by atoms with Gasteiger partial charge in [0.1, 0.15) is 0 Å². The second-order valence-electron chi connectivity index (χ2n) is 9.46. The van der Waals surface area contributed by atoms with Crippen LogP contribution in [-0.4, -0.2) is 75.8 Å². The van der Waals surface area contributed by atoms with Crippen molar-refractivity contribution in [3.63, 3.8) is 0 Å². The van der Waals surface area contributed by atoms with Crippen LogP contribution in [0.4, 0.5) is 5.69 Å². The molecule has 3 heterocycles. The summed E-state index contributed by atoms with van der Waals surface area (Å²) >= 11 is 0. The van der Waals surface area contributed by atoms with E-state index in [9.17, 15) is 0 Å². The third-order valence-electron chi connectivity index (χ3n) is 6.94. The van der Waals surface area contributed by atoms with E-state index in [2.05, 4.69) is 55.7 Å². The molecule has 1 aromatic carbocycles. The summed E-state index contributed by atoms with van der Waals surface area (Å²) in [7, 11) is 1.48. The zero-order chi connectivity index (χ0) is 20.6. The molecular formula is C22H35BN2O4. The number of anilines is 1. The molecule has 1 aromatic rings. The first-order valence-corrected chi connectivity index (χ1v) is 10.9. The number of methoxy groups -OCH3 is 1. The molecule has 1 atom stereocenters. The normalized spacial score (nSPS) is 27.0. The lowest BCUT2D eigenvalue weighted by Crippen LogP contribution is -2.41. The Morgan fingerprint density at radius 2 is 1.76 bits per heavy atom.